The number of carbonyl (C=O) groups is 3. The standard InChI is InChI=1S/C18H24N4O3S/c23-16(19-14-4-2-1-3-5-14)10-21-8-6-15(7-9-21)20-17(24)11-22-13-26-12-18(22)25/h1-5,15H,6-13H2,(H,19,23)(H,20,24). The molecule has 3 amide bonds. The van der Waals surface area contributed by atoms with Crippen LogP contribution in [0.2, 0.25) is 0 Å². The highest BCUT2D eigenvalue weighted by molar-refractivity contribution is 8.00. The minimum Gasteiger partial charge on any atom is -0.352 e. The Hall–Kier alpha value is -2.06. The molecule has 0 spiro atoms. The average Bonchev–Trinajstić information content (AvgIpc) is 3.02. The molecule has 2 N–H and O–H groups in total. The summed E-state index contributed by atoms with van der Waals surface area (Å²) in [7, 11) is 0. The third kappa shape index (κ3) is 5.47. The van der Waals surface area contributed by atoms with Gasteiger partial charge in [0, 0.05) is 24.8 Å². The molecule has 2 heterocycles. The number of hydrogen-bond donors (Lipinski definition) is 2. The van der Waals surface area contributed by atoms with E-state index in [9.17, 15) is 14.4 Å². The van der Waals surface area contributed by atoms with Crippen molar-refractivity contribution in [2.75, 3.05) is 43.1 Å². The Morgan fingerprint density at radius 3 is 2.46 bits per heavy atom. The minimum absolute atomic E-state index is 0.0243. The summed E-state index contributed by atoms with van der Waals surface area (Å²) in [5.41, 5.74) is 0.800. The van der Waals surface area contributed by atoms with Crippen LogP contribution in [0, 0.1) is 0 Å². The largest absolute Gasteiger partial charge is 0.352 e. The second-order valence-corrected chi connectivity index (χ2v) is 7.56. The van der Waals surface area contributed by atoms with Crippen molar-refractivity contribution in [1.82, 2.24) is 15.1 Å². The van der Waals surface area contributed by atoms with Gasteiger partial charge in [0.2, 0.25) is 17.7 Å². The zero-order valence-electron chi connectivity index (χ0n) is 14.6. The summed E-state index contributed by atoms with van der Waals surface area (Å²) >= 11 is 1.54. The Labute approximate surface area is 157 Å². The summed E-state index contributed by atoms with van der Waals surface area (Å²) in [5.74, 6) is 0.979. The number of anilines is 1. The predicted molar refractivity (Wildman–Crippen MR) is 102 cm³/mol. The van der Waals surface area contributed by atoms with E-state index in [0.29, 0.717) is 18.2 Å². The van der Waals surface area contributed by atoms with Crippen molar-refractivity contribution in [3.05, 3.63) is 30.3 Å². The maximum atomic E-state index is 12.1. The number of likely N-dealkylation sites (tertiary alicyclic amines) is 1. The van der Waals surface area contributed by atoms with Crippen LogP contribution in [0.5, 0.6) is 0 Å². The lowest BCUT2D eigenvalue weighted by atomic mass is 10.0. The number of nitrogens with zero attached hydrogens (tertiary/aromatic N) is 2. The third-order valence-corrected chi connectivity index (χ3v) is 5.48. The van der Waals surface area contributed by atoms with Gasteiger partial charge in [0.15, 0.2) is 0 Å². The van der Waals surface area contributed by atoms with Crippen LogP contribution in [0.3, 0.4) is 0 Å². The van der Waals surface area contributed by atoms with Gasteiger partial charge < -0.3 is 15.5 Å². The van der Waals surface area contributed by atoms with Crippen molar-refractivity contribution in [2.45, 2.75) is 18.9 Å². The van der Waals surface area contributed by atoms with Gasteiger partial charge in [-0.1, -0.05) is 18.2 Å². The van der Waals surface area contributed by atoms with Gasteiger partial charge in [-0.3, -0.25) is 19.3 Å². The van der Waals surface area contributed by atoms with Crippen molar-refractivity contribution in [2.24, 2.45) is 0 Å². The molecule has 8 heteroatoms. The number of benzene rings is 1. The van der Waals surface area contributed by atoms with Gasteiger partial charge in [-0.15, -0.1) is 11.8 Å². The van der Waals surface area contributed by atoms with E-state index in [1.807, 2.05) is 30.3 Å². The van der Waals surface area contributed by atoms with Crippen LogP contribution in [0.4, 0.5) is 5.69 Å². The van der Waals surface area contributed by atoms with E-state index in [0.717, 1.165) is 31.6 Å². The van der Waals surface area contributed by atoms with Crippen molar-refractivity contribution in [1.29, 1.82) is 0 Å². The fraction of sp³-hybridized carbons (Fsp3) is 0.500. The molecule has 0 unspecified atom stereocenters. The molecule has 1 aromatic carbocycles. The number of piperidine rings is 1. The van der Waals surface area contributed by atoms with Gasteiger partial charge in [0.1, 0.15) is 6.54 Å². The first-order valence-corrected chi connectivity index (χ1v) is 9.98. The topological polar surface area (TPSA) is 81.8 Å². The van der Waals surface area contributed by atoms with Crippen molar-refractivity contribution < 1.29 is 14.4 Å². The second kappa shape index (κ2) is 9.05. The fourth-order valence-corrected chi connectivity index (χ4v) is 4.05. The maximum absolute atomic E-state index is 12.1. The average molecular weight is 376 g/mol. The molecule has 0 bridgehead atoms. The Morgan fingerprint density at radius 2 is 1.81 bits per heavy atom. The van der Waals surface area contributed by atoms with E-state index < -0.39 is 0 Å². The van der Waals surface area contributed by atoms with Crippen LogP contribution in [0.1, 0.15) is 12.8 Å². The molecule has 0 atom stereocenters. The first-order chi connectivity index (χ1) is 12.6. The third-order valence-electron chi connectivity index (χ3n) is 4.54. The molecule has 7 nitrogen and oxygen atoms in total. The van der Waals surface area contributed by atoms with Gasteiger partial charge in [0.25, 0.3) is 0 Å². The Bertz CT molecular complexity index is 647. The van der Waals surface area contributed by atoms with Gasteiger partial charge in [-0.2, -0.15) is 0 Å². The molecule has 2 fully saturated rings. The van der Waals surface area contributed by atoms with E-state index in [4.69, 9.17) is 0 Å². The van der Waals surface area contributed by atoms with Crippen LogP contribution in [-0.4, -0.2) is 71.4 Å². The zero-order chi connectivity index (χ0) is 18.4. The van der Waals surface area contributed by atoms with Gasteiger partial charge in [-0.25, -0.2) is 0 Å². The molecule has 0 aromatic heterocycles. The Kier molecular flexibility index (Phi) is 6.51. The lowest BCUT2D eigenvalue weighted by Crippen LogP contribution is -2.48. The van der Waals surface area contributed by atoms with Gasteiger partial charge in [-0.05, 0) is 25.0 Å². The summed E-state index contributed by atoms with van der Waals surface area (Å²) in [6.07, 6.45) is 1.63. The summed E-state index contributed by atoms with van der Waals surface area (Å²) in [6, 6.07) is 9.53. The van der Waals surface area contributed by atoms with E-state index in [1.165, 1.54) is 11.8 Å². The molecule has 1 aromatic rings. The highest BCUT2D eigenvalue weighted by atomic mass is 32.2. The van der Waals surface area contributed by atoms with E-state index in [-0.39, 0.29) is 30.3 Å². The molecule has 140 valence electrons. The number of rotatable bonds is 6. The predicted octanol–water partition coefficient (Wildman–Crippen LogP) is 0.739. The highest BCUT2D eigenvalue weighted by Gasteiger charge is 2.26. The number of amides is 3. The molecular formula is C18H24N4O3S. The lowest BCUT2D eigenvalue weighted by molar-refractivity contribution is -0.132. The Balaban J connectivity index is 1.35. The molecule has 2 saturated heterocycles. The van der Waals surface area contributed by atoms with Crippen molar-refractivity contribution in [3.8, 4) is 0 Å². The van der Waals surface area contributed by atoms with Crippen molar-refractivity contribution >= 4 is 35.2 Å². The monoisotopic (exact) mass is 376 g/mol. The van der Waals surface area contributed by atoms with Crippen LogP contribution in [-0.2, 0) is 14.4 Å². The SMILES string of the molecule is O=C(CN1CCC(NC(=O)CN2CSCC2=O)CC1)Nc1ccccc1. The zero-order valence-corrected chi connectivity index (χ0v) is 15.5. The van der Waals surface area contributed by atoms with E-state index >= 15 is 0 Å². The lowest BCUT2D eigenvalue weighted by Gasteiger charge is -2.32. The molecule has 2 aliphatic heterocycles. The summed E-state index contributed by atoms with van der Waals surface area (Å²) in [5, 5.41) is 5.90. The van der Waals surface area contributed by atoms with Gasteiger partial charge >= 0.3 is 0 Å². The molecule has 3 rings (SSSR count). The van der Waals surface area contributed by atoms with Gasteiger partial charge in [0.05, 0.1) is 18.2 Å². The number of hydrogen-bond acceptors (Lipinski definition) is 5. The number of thioether (sulfide) groups is 1. The molecule has 2 aliphatic rings. The Morgan fingerprint density at radius 1 is 1.08 bits per heavy atom. The molecular weight excluding hydrogens is 352 g/mol. The molecule has 0 radical (unpaired) electrons. The normalized spacial score (nSPS) is 18.8. The molecule has 26 heavy (non-hydrogen) atoms. The first-order valence-electron chi connectivity index (χ1n) is 8.82. The minimum atomic E-state index is -0.0962. The highest BCUT2D eigenvalue weighted by Crippen LogP contribution is 2.15. The van der Waals surface area contributed by atoms with Crippen LogP contribution in [0.25, 0.3) is 0 Å². The van der Waals surface area contributed by atoms with Crippen molar-refractivity contribution in [3.63, 3.8) is 0 Å². The molecule has 0 saturated carbocycles. The summed E-state index contributed by atoms with van der Waals surface area (Å²) in [4.78, 5) is 39.4. The smallest absolute Gasteiger partial charge is 0.239 e. The number of carbonyl (C=O) groups excluding carboxylic acids is 3. The van der Waals surface area contributed by atoms with E-state index in [2.05, 4.69) is 15.5 Å². The van der Waals surface area contributed by atoms with Crippen LogP contribution < -0.4 is 10.6 Å². The number of para-hydroxylation sites is 1. The van der Waals surface area contributed by atoms with Crippen LogP contribution >= 0.6 is 11.8 Å². The fourth-order valence-electron chi connectivity index (χ4n) is 3.15. The van der Waals surface area contributed by atoms with E-state index in [1.54, 1.807) is 4.90 Å². The summed E-state index contributed by atoms with van der Waals surface area (Å²) in [6.45, 7) is 2.04. The summed E-state index contributed by atoms with van der Waals surface area (Å²) < 4.78 is 0. The van der Waals surface area contributed by atoms with Crippen LogP contribution in [0.15, 0.2) is 30.3 Å². The molecule has 0 aliphatic carbocycles. The first kappa shape index (κ1) is 18.7. The quantitative estimate of drug-likeness (QED) is 0.765. The number of nitrogens with one attached hydrogen (secondary N) is 2. The second-order valence-electron chi connectivity index (χ2n) is 6.60. The maximum Gasteiger partial charge on any atom is 0.239 e.